The van der Waals surface area contributed by atoms with Crippen LogP contribution in [0.3, 0.4) is 0 Å². The molecular weight excluding hydrogens is 596 g/mol. The Morgan fingerprint density at radius 2 is 1.64 bits per heavy atom. The lowest BCUT2D eigenvalue weighted by Gasteiger charge is -2.25. The van der Waals surface area contributed by atoms with Crippen LogP contribution in [0.2, 0.25) is 0 Å². The number of ether oxygens (including phenoxy) is 2. The van der Waals surface area contributed by atoms with Crippen molar-refractivity contribution >= 4 is 47.8 Å². The van der Waals surface area contributed by atoms with E-state index in [1.54, 1.807) is 6.92 Å². The lowest BCUT2D eigenvalue weighted by atomic mass is 9.80. The van der Waals surface area contributed by atoms with Gasteiger partial charge in [0.25, 0.3) is 0 Å². The van der Waals surface area contributed by atoms with E-state index in [0.29, 0.717) is 41.2 Å². The number of hydrogen-bond acceptors (Lipinski definition) is 7. The van der Waals surface area contributed by atoms with Crippen molar-refractivity contribution in [1.82, 2.24) is 20.3 Å². The Balaban J connectivity index is 1.70. The Morgan fingerprint density at radius 1 is 0.936 bits per heavy atom. The van der Waals surface area contributed by atoms with Crippen LogP contribution < -0.4 is 26.6 Å². The molecule has 10 heteroatoms. The van der Waals surface area contributed by atoms with Gasteiger partial charge in [-0.2, -0.15) is 0 Å². The number of aliphatic hydroxyl groups excluding tert-OH is 1. The van der Waals surface area contributed by atoms with Crippen LogP contribution in [-0.2, 0) is 31.9 Å². The molecule has 3 aromatic rings. The van der Waals surface area contributed by atoms with E-state index in [0.717, 1.165) is 62.9 Å². The Morgan fingerprint density at radius 3 is 2.30 bits per heavy atom. The Bertz CT molecular complexity index is 2070. The van der Waals surface area contributed by atoms with Gasteiger partial charge in [0, 0.05) is 51.2 Å². The molecule has 0 saturated carbocycles. The number of aliphatic hydroxyl groups is 1. The van der Waals surface area contributed by atoms with Crippen molar-refractivity contribution in [2.75, 3.05) is 13.7 Å². The highest BCUT2D eigenvalue weighted by atomic mass is 16.5. The first kappa shape index (κ1) is 32.2. The number of carbonyl (C=O) groups is 3. The second kappa shape index (κ2) is 12.5. The molecule has 47 heavy (non-hydrogen) atoms. The molecule has 1 aliphatic carbocycles. The lowest BCUT2D eigenvalue weighted by molar-refractivity contribution is -0.144. The van der Waals surface area contributed by atoms with Crippen molar-refractivity contribution in [2.24, 2.45) is 17.8 Å². The van der Waals surface area contributed by atoms with Crippen molar-refractivity contribution in [2.45, 2.75) is 73.3 Å². The molecule has 1 fully saturated rings. The monoisotopic (exact) mass is 640 g/mol. The maximum atomic E-state index is 14.2. The predicted molar refractivity (Wildman–Crippen MR) is 180 cm³/mol. The summed E-state index contributed by atoms with van der Waals surface area (Å²) in [6.07, 6.45) is 9.47. The molecule has 8 bridgehead atoms. The second-order valence-electron chi connectivity index (χ2n) is 12.7. The Kier molecular flexibility index (Phi) is 8.55. The van der Waals surface area contributed by atoms with Crippen LogP contribution in [0.15, 0.2) is 5.70 Å². The zero-order valence-electron chi connectivity index (χ0n) is 28.1. The van der Waals surface area contributed by atoms with E-state index >= 15 is 0 Å². The van der Waals surface area contributed by atoms with Crippen molar-refractivity contribution in [3.8, 4) is 0 Å². The molecule has 0 spiro atoms. The van der Waals surface area contributed by atoms with Crippen LogP contribution in [0.4, 0.5) is 0 Å². The number of rotatable bonds is 7. The standard InChI is InChI=1S/C37H44N4O6/c1-8-20-17(4)24-13-25-18(5)22(11-12-30(43)47-10-3)34(40-25)32-33(37(45)46-7)36(44)31-19(6)26(41-35(31)32)14-28-21(9-2)23(16-42)29(39-28)15-27(20)38-24/h13-16,18,22,33-34,38-42H,8-12H2,1-7H3/b23-16-,25-13-,26-14-,29-15-/t18-,22-,33+,34?/m0/s1. The van der Waals surface area contributed by atoms with Gasteiger partial charge in [0.05, 0.1) is 36.7 Å². The molecule has 0 amide bonds. The molecule has 10 nitrogen and oxygen atoms in total. The Hall–Kier alpha value is -4.73. The summed E-state index contributed by atoms with van der Waals surface area (Å²) in [5.74, 6) is -2.45. The summed E-state index contributed by atoms with van der Waals surface area (Å²) < 4.78 is 10.5. The number of aromatic amines is 3. The van der Waals surface area contributed by atoms with Gasteiger partial charge in [0.1, 0.15) is 5.92 Å². The van der Waals surface area contributed by atoms with E-state index in [4.69, 9.17) is 9.47 Å². The normalized spacial score (nSPS) is 24.2. The van der Waals surface area contributed by atoms with Crippen molar-refractivity contribution < 1.29 is 29.0 Å². The molecule has 248 valence electrons. The van der Waals surface area contributed by atoms with Gasteiger partial charge >= 0.3 is 11.9 Å². The third-order valence-electron chi connectivity index (χ3n) is 10.4. The summed E-state index contributed by atoms with van der Waals surface area (Å²) in [6, 6.07) is -0.426. The van der Waals surface area contributed by atoms with Crippen LogP contribution in [0.25, 0.3) is 30.1 Å². The fourth-order valence-corrected chi connectivity index (χ4v) is 7.96. The molecular formula is C37H44N4O6. The fraction of sp³-hybridized carbons (Fsp3) is 0.432. The third-order valence-corrected chi connectivity index (χ3v) is 10.4. The molecule has 1 saturated heterocycles. The molecule has 4 atom stereocenters. The van der Waals surface area contributed by atoms with Gasteiger partial charge in [-0.05, 0) is 92.0 Å². The molecule has 0 radical (unpaired) electrons. The number of fused-ring (bicyclic) bond motifs is 8. The highest BCUT2D eigenvalue weighted by molar-refractivity contribution is 6.19. The minimum atomic E-state index is -1.11. The maximum Gasteiger partial charge on any atom is 0.320 e. The number of carbonyl (C=O) groups excluding carboxylic acids is 3. The first-order valence-corrected chi connectivity index (χ1v) is 16.6. The van der Waals surface area contributed by atoms with Crippen LogP contribution in [-0.4, -0.2) is 57.5 Å². The number of ketones is 1. The number of allylic oxidation sites excluding steroid dienone is 1. The van der Waals surface area contributed by atoms with Crippen molar-refractivity contribution in [1.29, 1.82) is 0 Å². The summed E-state index contributed by atoms with van der Waals surface area (Å²) in [5, 5.41) is 16.9. The van der Waals surface area contributed by atoms with Gasteiger partial charge in [-0.25, -0.2) is 0 Å². The van der Waals surface area contributed by atoms with Crippen LogP contribution >= 0.6 is 0 Å². The minimum Gasteiger partial charge on any atom is -0.515 e. The van der Waals surface area contributed by atoms with E-state index in [9.17, 15) is 19.5 Å². The quantitative estimate of drug-likeness (QED) is 0.197. The van der Waals surface area contributed by atoms with Gasteiger partial charge in [0.15, 0.2) is 5.78 Å². The molecule has 3 aromatic heterocycles. The van der Waals surface area contributed by atoms with Gasteiger partial charge in [-0.3, -0.25) is 14.4 Å². The number of methoxy groups -OCH3 is 1. The first-order valence-electron chi connectivity index (χ1n) is 16.6. The minimum absolute atomic E-state index is 0.0365. The molecule has 1 unspecified atom stereocenters. The third kappa shape index (κ3) is 5.14. The van der Waals surface area contributed by atoms with E-state index in [1.165, 1.54) is 12.7 Å². The van der Waals surface area contributed by atoms with Crippen molar-refractivity contribution in [3.05, 3.63) is 71.9 Å². The number of H-pyrrole nitrogens is 3. The molecule has 2 aliphatic heterocycles. The highest BCUT2D eigenvalue weighted by Gasteiger charge is 2.49. The number of nitrogens with one attached hydrogen (secondary N) is 4. The summed E-state index contributed by atoms with van der Waals surface area (Å²) in [6.45, 7) is 12.4. The molecule has 0 aromatic carbocycles. The zero-order valence-corrected chi connectivity index (χ0v) is 28.1. The number of aromatic nitrogens is 3. The first-order chi connectivity index (χ1) is 22.6. The number of hydrogen-bond donors (Lipinski definition) is 5. The van der Waals surface area contributed by atoms with E-state index in [1.807, 2.05) is 26.0 Å². The largest absolute Gasteiger partial charge is 0.515 e. The van der Waals surface area contributed by atoms with Crippen LogP contribution in [0, 0.1) is 31.6 Å². The average Bonchev–Trinajstić information content (AvgIpc) is 3.80. The maximum absolute atomic E-state index is 14.2. The lowest BCUT2D eigenvalue weighted by Crippen LogP contribution is -2.38. The summed E-state index contributed by atoms with van der Waals surface area (Å²) in [7, 11) is 1.30. The zero-order chi connectivity index (χ0) is 33.7. The molecule has 6 rings (SSSR count). The van der Waals surface area contributed by atoms with E-state index in [2.05, 4.69) is 47.1 Å². The summed E-state index contributed by atoms with van der Waals surface area (Å²) in [4.78, 5) is 50.8. The summed E-state index contributed by atoms with van der Waals surface area (Å²) >= 11 is 0. The van der Waals surface area contributed by atoms with Gasteiger partial charge in [-0.1, -0.05) is 20.8 Å². The number of esters is 2. The van der Waals surface area contributed by atoms with E-state index < -0.39 is 17.9 Å². The van der Waals surface area contributed by atoms with Gasteiger partial charge in [0.2, 0.25) is 0 Å². The second-order valence-corrected chi connectivity index (χ2v) is 12.7. The van der Waals surface area contributed by atoms with Gasteiger partial charge in [-0.15, -0.1) is 0 Å². The predicted octanol–water partition coefficient (Wildman–Crippen LogP) is 2.42. The average molecular weight is 641 g/mol. The summed E-state index contributed by atoms with van der Waals surface area (Å²) in [5.41, 5.74) is 8.72. The fourth-order valence-electron chi connectivity index (χ4n) is 7.96. The smallest absolute Gasteiger partial charge is 0.320 e. The molecule has 5 heterocycles. The van der Waals surface area contributed by atoms with Gasteiger partial charge < -0.3 is 34.8 Å². The number of Topliss-reactive ketones (excluding diaryl/α,β-unsaturated/α-hetero) is 1. The SMILES string of the molecule is CCOC(=O)CC[C@@H]1C2N/C(=C\c3[nH]c(c(CC)c3C)/C=c3\[nH]c(c(CC)\c3=C\O)/C=c3\[nH]c4c(c3C)C(=O)[C@H](C(=O)OC)C=42)[C@H]1C. The topological polar surface area (TPSA) is 149 Å². The molecule has 5 N–H and O–H groups in total. The van der Waals surface area contributed by atoms with Crippen LogP contribution in [0.1, 0.15) is 90.2 Å². The van der Waals surface area contributed by atoms with E-state index in [-0.39, 0.29) is 30.0 Å². The molecule has 3 aliphatic rings. The Labute approximate surface area is 273 Å². The highest BCUT2D eigenvalue weighted by Crippen LogP contribution is 2.42. The van der Waals surface area contributed by atoms with Crippen molar-refractivity contribution in [3.63, 3.8) is 0 Å². The van der Waals surface area contributed by atoms with Crippen LogP contribution in [0.5, 0.6) is 0 Å².